The zero-order valence-corrected chi connectivity index (χ0v) is 13.8. The van der Waals surface area contributed by atoms with Crippen LogP contribution in [0.1, 0.15) is 6.92 Å². The summed E-state index contributed by atoms with van der Waals surface area (Å²) in [4.78, 5) is 27.7. The molecule has 2 amide bonds. The number of amides is 2. The van der Waals surface area contributed by atoms with E-state index in [1.165, 1.54) is 0 Å². The van der Waals surface area contributed by atoms with Crippen LogP contribution < -0.4 is 15.4 Å². The number of ether oxygens (including phenoxy) is 1. The van der Waals surface area contributed by atoms with Crippen LogP contribution in [0.2, 0.25) is 5.02 Å². The summed E-state index contributed by atoms with van der Waals surface area (Å²) in [5.74, 6) is 0.233. The minimum atomic E-state index is -0.337. The molecule has 0 aliphatic carbocycles. The molecule has 124 valence electrons. The van der Waals surface area contributed by atoms with Gasteiger partial charge in [-0.1, -0.05) is 18.5 Å². The lowest BCUT2D eigenvalue weighted by atomic mass is 9.98. The number of hydrogen-bond donors (Lipinski definition) is 1. The van der Waals surface area contributed by atoms with Crippen molar-refractivity contribution in [3.8, 4) is 5.75 Å². The first-order chi connectivity index (χ1) is 11.0. The SMILES string of the molecule is C[C@@H]1CN(C(=O)CN2CCOc3ccc(Cl)cc32)C[C@H]1C(N)=O. The Balaban J connectivity index is 1.70. The maximum Gasteiger partial charge on any atom is 0.242 e. The van der Waals surface area contributed by atoms with Gasteiger partial charge in [0.2, 0.25) is 11.8 Å². The van der Waals surface area contributed by atoms with Gasteiger partial charge in [0.1, 0.15) is 12.4 Å². The molecule has 6 nitrogen and oxygen atoms in total. The normalized spacial score (nSPS) is 23.4. The second-order valence-electron chi connectivity index (χ2n) is 6.17. The third-order valence-electron chi connectivity index (χ3n) is 4.54. The summed E-state index contributed by atoms with van der Waals surface area (Å²) in [7, 11) is 0. The Kier molecular flexibility index (Phi) is 4.35. The Morgan fingerprint density at radius 3 is 2.87 bits per heavy atom. The zero-order valence-electron chi connectivity index (χ0n) is 13.0. The largest absolute Gasteiger partial charge is 0.490 e. The average molecular weight is 338 g/mol. The second kappa shape index (κ2) is 6.28. The molecule has 7 heteroatoms. The summed E-state index contributed by atoms with van der Waals surface area (Å²) < 4.78 is 5.59. The number of nitrogens with two attached hydrogens (primary N) is 1. The highest BCUT2D eigenvalue weighted by Crippen LogP contribution is 2.34. The Labute approximate surface area is 140 Å². The highest BCUT2D eigenvalue weighted by molar-refractivity contribution is 6.31. The predicted molar refractivity (Wildman–Crippen MR) is 87.6 cm³/mol. The molecule has 0 aromatic heterocycles. The van der Waals surface area contributed by atoms with Gasteiger partial charge in [-0.05, 0) is 24.1 Å². The molecule has 0 unspecified atom stereocenters. The van der Waals surface area contributed by atoms with E-state index in [-0.39, 0.29) is 30.2 Å². The smallest absolute Gasteiger partial charge is 0.242 e. The van der Waals surface area contributed by atoms with Crippen LogP contribution in [0.25, 0.3) is 0 Å². The van der Waals surface area contributed by atoms with Crippen molar-refractivity contribution in [2.45, 2.75) is 6.92 Å². The molecule has 0 radical (unpaired) electrons. The fraction of sp³-hybridized carbons (Fsp3) is 0.500. The number of benzene rings is 1. The molecule has 0 saturated carbocycles. The summed E-state index contributed by atoms with van der Waals surface area (Å²) in [5.41, 5.74) is 6.23. The monoisotopic (exact) mass is 337 g/mol. The first-order valence-electron chi connectivity index (χ1n) is 7.70. The van der Waals surface area contributed by atoms with E-state index in [4.69, 9.17) is 22.1 Å². The van der Waals surface area contributed by atoms with Crippen LogP contribution in [0.4, 0.5) is 5.69 Å². The molecule has 23 heavy (non-hydrogen) atoms. The highest BCUT2D eigenvalue weighted by atomic mass is 35.5. The molecule has 2 atom stereocenters. The molecule has 1 fully saturated rings. The number of primary amides is 1. The van der Waals surface area contributed by atoms with E-state index in [1.54, 1.807) is 11.0 Å². The molecular weight excluding hydrogens is 318 g/mol. The summed E-state index contributed by atoms with van der Waals surface area (Å²) in [6, 6.07) is 5.39. The second-order valence-corrected chi connectivity index (χ2v) is 6.60. The van der Waals surface area contributed by atoms with Crippen LogP contribution in [0.3, 0.4) is 0 Å². The highest BCUT2D eigenvalue weighted by Gasteiger charge is 2.36. The van der Waals surface area contributed by atoms with Crippen molar-refractivity contribution < 1.29 is 14.3 Å². The van der Waals surface area contributed by atoms with Crippen LogP contribution in [0.15, 0.2) is 18.2 Å². The van der Waals surface area contributed by atoms with E-state index < -0.39 is 0 Å². The Morgan fingerprint density at radius 1 is 1.39 bits per heavy atom. The summed E-state index contributed by atoms with van der Waals surface area (Å²) in [5, 5.41) is 0.607. The number of halogens is 1. The van der Waals surface area contributed by atoms with Crippen molar-refractivity contribution in [2.24, 2.45) is 17.6 Å². The van der Waals surface area contributed by atoms with E-state index in [0.717, 1.165) is 11.4 Å². The number of carbonyl (C=O) groups is 2. The maximum atomic E-state index is 12.6. The molecule has 1 aromatic carbocycles. The van der Waals surface area contributed by atoms with Crippen molar-refractivity contribution in [3.63, 3.8) is 0 Å². The molecule has 0 spiro atoms. The van der Waals surface area contributed by atoms with Gasteiger partial charge in [0.05, 0.1) is 24.7 Å². The lowest BCUT2D eigenvalue weighted by Gasteiger charge is -2.32. The topological polar surface area (TPSA) is 75.9 Å². The Bertz CT molecular complexity index is 637. The van der Waals surface area contributed by atoms with E-state index >= 15 is 0 Å². The number of hydrogen-bond acceptors (Lipinski definition) is 4. The van der Waals surface area contributed by atoms with Gasteiger partial charge >= 0.3 is 0 Å². The van der Waals surface area contributed by atoms with Gasteiger partial charge in [0.15, 0.2) is 0 Å². The number of carbonyl (C=O) groups excluding carboxylic acids is 2. The molecule has 1 saturated heterocycles. The van der Waals surface area contributed by atoms with E-state index in [2.05, 4.69) is 0 Å². The fourth-order valence-electron chi connectivity index (χ4n) is 3.21. The number of nitrogens with zero attached hydrogens (tertiary/aromatic N) is 2. The van der Waals surface area contributed by atoms with Gasteiger partial charge in [-0.2, -0.15) is 0 Å². The van der Waals surface area contributed by atoms with E-state index in [9.17, 15) is 9.59 Å². The maximum absolute atomic E-state index is 12.6. The van der Waals surface area contributed by atoms with Gasteiger partial charge in [-0.3, -0.25) is 9.59 Å². The number of likely N-dealkylation sites (tertiary alicyclic amines) is 1. The van der Waals surface area contributed by atoms with E-state index in [1.807, 2.05) is 24.0 Å². The Morgan fingerprint density at radius 2 is 2.17 bits per heavy atom. The number of rotatable bonds is 3. The summed E-state index contributed by atoms with van der Waals surface area (Å²) >= 11 is 6.05. The van der Waals surface area contributed by atoms with Gasteiger partial charge in [0.25, 0.3) is 0 Å². The predicted octanol–water partition coefficient (Wildman–Crippen LogP) is 1.12. The standard InChI is InChI=1S/C16H20ClN3O3/c1-10-7-20(8-12(10)16(18)22)15(21)9-19-4-5-23-14-3-2-11(17)6-13(14)19/h2-3,6,10,12H,4-5,7-9H2,1H3,(H2,18,22)/t10-,12-/m1/s1. The number of anilines is 1. The minimum absolute atomic E-state index is 0.00609. The van der Waals surface area contributed by atoms with Crippen LogP contribution in [-0.2, 0) is 9.59 Å². The molecule has 3 rings (SSSR count). The van der Waals surface area contributed by atoms with Crippen molar-refractivity contribution in [3.05, 3.63) is 23.2 Å². The van der Waals surface area contributed by atoms with Crippen molar-refractivity contribution in [1.29, 1.82) is 0 Å². The minimum Gasteiger partial charge on any atom is -0.490 e. The lowest BCUT2D eigenvalue weighted by molar-refractivity contribution is -0.129. The fourth-order valence-corrected chi connectivity index (χ4v) is 3.38. The first kappa shape index (κ1) is 15.9. The van der Waals surface area contributed by atoms with Crippen LogP contribution in [0.5, 0.6) is 5.75 Å². The van der Waals surface area contributed by atoms with E-state index in [0.29, 0.717) is 31.3 Å². The molecule has 2 heterocycles. The molecule has 2 aliphatic rings. The average Bonchev–Trinajstić information content (AvgIpc) is 2.90. The third kappa shape index (κ3) is 3.22. The zero-order chi connectivity index (χ0) is 16.6. The molecule has 2 N–H and O–H groups in total. The molecule has 0 bridgehead atoms. The van der Waals surface area contributed by atoms with Crippen LogP contribution >= 0.6 is 11.6 Å². The quantitative estimate of drug-likeness (QED) is 0.896. The third-order valence-corrected chi connectivity index (χ3v) is 4.77. The first-order valence-corrected chi connectivity index (χ1v) is 8.08. The van der Waals surface area contributed by atoms with Crippen molar-refractivity contribution in [1.82, 2.24) is 4.90 Å². The van der Waals surface area contributed by atoms with Crippen LogP contribution in [0, 0.1) is 11.8 Å². The van der Waals surface area contributed by atoms with Crippen molar-refractivity contribution >= 4 is 29.1 Å². The van der Waals surface area contributed by atoms with Gasteiger partial charge in [-0.15, -0.1) is 0 Å². The summed E-state index contributed by atoms with van der Waals surface area (Å²) in [6.45, 7) is 4.33. The van der Waals surface area contributed by atoms with Gasteiger partial charge < -0.3 is 20.3 Å². The molecule has 1 aromatic rings. The number of fused-ring (bicyclic) bond motifs is 1. The molecule has 2 aliphatic heterocycles. The molecular formula is C16H20ClN3O3. The van der Waals surface area contributed by atoms with Crippen LogP contribution in [-0.4, -0.2) is 49.5 Å². The van der Waals surface area contributed by atoms with Crippen molar-refractivity contribution in [2.75, 3.05) is 37.7 Å². The lowest BCUT2D eigenvalue weighted by Crippen LogP contribution is -2.43. The van der Waals surface area contributed by atoms with Gasteiger partial charge in [0, 0.05) is 18.1 Å². The Hall–Kier alpha value is -1.95. The van der Waals surface area contributed by atoms with Gasteiger partial charge in [-0.25, -0.2) is 0 Å². The summed E-state index contributed by atoms with van der Waals surface area (Å²) in [6.07, 6.45) is 0.